The molecule has 1 aliphatic heterocycles. The van der Waals surface area contributed by atoms with Crippen LogP contribution in [0, 0.1) is 0 Å². The van der Waals surface area contributed by atoms with Gasteiger partial charge in [0.1, 0.15) is 0 Å². The molecule has 84 valence electrons. The maximum atomic E-state index is 4.29. The minimum atomic E-state index is 0.514. The van der Waals surface area contributed by atoms with E-state index in [2.05, 4.69) is 35.6 Å². The first-order valence-corrected chi connectivity index (χ1v) is 5.99. The highest BCUT2D eigenvalue weighted by molar-refractivity contribution is 5.13. The summed E-state index contributed by atoms with van der Waals surface area (Å²) in [6.45, 7) is 7.83. The lowest BCUT2D eigenvalue weighted by molar-refractivity contribution is 0.482. The van der Waals surface area contributed by atoms with Crippen molar-refractivity contribution in [1.29, 1.82) is 0 Å². The van der Waals surface area contributed by atoms with Crippen molar-refractivity contribution in [3.63, 3.8) is 0 Å². The predicted octanol–water partition coefficient (Wildman–Crippen LogP) is 2.32. The van der Waals surface area contributed by atoms with Crippen LogP contribution in [0.2, 0.25) is 0 Å². The Morgan fingerprint density at radius 1 is 1.60 bits per heavy atom. The summed E-state index contributed by atoms with van der Waals surface area (Å²) in [6, 6.07) is 1.15. The van der Waals surface area contributed by atoms with Gasteiger partial charge in [0, 0.05) is 29.9 Å². The molecule has 0 aromatic carbocycles. The molecule has 0 spiro atoms. The van der Waals surface area contributed by atoms with Crippen molar-refractivity contribution in [3.05, 3.63) is 18.2 Å². The first-order valence-electron chi connectivity index (χ1n) is 5.99. The fourth-order valence-corrected chi connectivity index (χ4v) is 2.58. The normalized spacial score (nSPS) is 26.4. The summed E-state index contributed by atoms with van der Waals surface area (Å²) < 4.78 is 2.31. The zero-order valence-electron chi connectivity index (χ0n) is 9.90. The first-order chi connectivity index (χ1) is 7.24. The summed E-state index contributed by atoms with van der Waals surface area (Å²) in [5, 5.41) is 3.57. The van der Waals surface area contributed by atoms with Crippen molar-refractivity contribution >= 4 is 0 Å². The molecule has 1 aliphatic rings. The van der Waals surface area contributed by atoms with E-state index in [9.17, 15) is 0 Å². The van der Waals surface area contributed by atoms with Gasteiger partial charge in [0.2, 0.25) is 0 Å². The summed E-state index contributed by atoms with van der Waals surface area (Å²) in [5.74, 6) is 0.653. The van der Waals surface area contributed by atoms with E-state index in [0.29, 0.717) is 18.0 Å². The van der Waals surface area contributed by atoms with Gasteiger partial charge in [-0.1, -0.05) is 6.92 Å². The molecule has 2 atom stereocenters. The van der Waals surface area contributed by atoms with Gasteiger partial charge in [-0.25, -0.2) is 4.98 Å². The zero-order valence-corrected chi connectivity index (χ0v) is 9.90. The van der Waals surface area contributed by atoms with Crippen molar-refractivity contribution in [2.45, 2.75) is 51.6 Å². The summed E-state index contributed by atoms with van der Waals surface area (Å²) in [4.78, 5) is 4.29. The molecule has 15 heavy (non-hydrogen) atoms. The average molecular weight is 207 g/mol. The predicted molar refractivity (Wildman–Crippen MR) is 62.1 cm³/mol. The number of hydrogen-bond acceptors (Lipinski definition) is 2. The summed E-state index contributed by atoms with van der Waals surface area (Å²) in [5.41, 5.74) is 1.40. The lowest BCUT2D eigenvalue weighted by atomic mass is 9.95. The third kappa shape index (κ3) is 1.93. The molecule has 1 saturated heterocycles. The molecule has 0 bridgehead atoms. The minimum absolute atomic E-state index is 0.514. The Balaban J connectivity index is 2.24. The van der Waals surface area contributed by atoms with Crippen LogP contribution in [0.3, 0.4) is 0 Å². The van der Waals surface area contributed by atoms with Crippen LogP contribution in [0.4, 0.5) is 0 Å². The van der Waals surface area contributed by atoms with E-state index in [1.807, 2.05) is 12.5 Å². The smallest absolute Gasteiger partial charge is 0.0950 e. The second kappa shape index (κ2) is 4.35. The molecule has 2 rings (SSSR count). The SMILES string of the molecule is CCC1NCCC1c1cncn1C(C)C. The Labute approximate surface area is 91.9 Å². The van der Waals surface area contributed by atoms with Crippen LogP contribution < -0.4 is 5.32 Å². The molecule has 0 amide bonds. The maximum Gasteiger partial charge on any atom is 0.0950 e. The van der Waals surface area contributed by atoms with E-state index in [1.165, 1.54) is 18.5 Å². The molecule has 0 aliphatic carbocycles. The zero-order chi connectivity index (χ0) is 10.8. The molecule has 2 heterocycles. The van der Waals surface area contributed by atoms with Gasteiger partial charge < -0.3 is 9.88 Å². The van der Waals surface area contributed by atoms with E-state index in [0.717, 1.165) is 6.54 Å². The molecule has 3 heteroatoms. The molecule has 1 aromatic rings. The Bertz CT molecular complexity index is 316. The van der Waals surface area contributed by atoms with Crippen LogP contribution in [0.5, 0.6) is 0 Å². The van der Waals surface area contributed by atoms with Crippen LogP contribution in [0.1, 0.15) is 51.3 Å². The summed E-state index contributed by atoms with van der Waals surface area (Å²) in [6.07, 6.45) is 6.45. The second-order valence-electron chi connectivity index (χ2n) is 4.68. The van der Waals surface area contributed by atoms with Gasteiger partial charge in [0.15, 0.2) is 0 Å². The van der Waals surface area contributed by atoms with Crippen LogP contribution in [0.25, 0.3) is 0 Å². The molecule has 1 N–H and O–H groups in total. The van der Waals surface area contributed by atoms with Crippen molar-refractivity contribution in [3.8, 4) is 0 Å². The lowest BCUT2D eigenvalue weighted by Crippen LogP contribution is -2.26. The third-order valence-corrected chi connectivity index (χ3v) is 3.42. The van der Waals surface area contributed by atoms with E-state index >= 15 is 0 Å². The Kier molecular flexibility index (Phi) is 3.10. The van der Waals surface area contributed by atoms with Crippen molar-refractivity contribution < 1.29 is 0 Å². The van der Waals surface area contributed by atoms with Crippen LogP contribution in [-0.2, 0) is 0 Å². The number of aromatic nitrogens is 2. The van der Waals surface area contributed by atoms with Crippen LogP contribution in [0.15, 0.2) is 12.5 Å². The number of nitrogens with one attached hydrogen (secondary N) is 1. The highest BCUT2D eigenvalue weighted by Gasteiger charge is 2.29. The third-order valence-electron chi connectivity index (χ3n) is 3.42. The molecular formula is C12H21N3. The molecule has 2 unspecified atom stereocenters. The number of nitrogens with zero attached hydrogens (tertiary/aromatic N) is 2. The topological polar surface area (TPSA) is 29.9 Å². The Morgan fingerprint density at radius 2 is 2.40 bits per heavy atom. The monoisotopic (exact) mass is 207 g/mol. The molecule has 1 aromatic heterocycles. The van der Waals surface area contributed by atoms with E-state index < -0.39 is 0 Å². The van der Waals surface area contributed by atoms with Crippen molar-refractivity contribution in [2.75, 3.05) is 6.54 Å². The van der Waals surface area contributed by atoms with Gasteiger partial charge in [0.25, 0.3) is 0 Å². The lowest BCUT2D eigenvalue weighted by Gasteiger charge is -2.21. The fourth-order valence-electron chi connectivity index (χ4n) is 2.58. The number of rotatable bonds is 3. The largest absolute Gasteiger partial charge is 0.332 e. The van der Waals surface area contributed by atoms with Crippen molar-refractivity contribution in [2.24, 2.45) is 0 Å². The molecule has 0 radical (unpaired) electrons. The van der Waals surface area contributed by atoms with Crippen molar-refractivity contribution in [1.82, 2.24) is 14.9 Å². The molecule has 0 saturated carbocycles. The minimum Gasteiger partial charge on any atom is -0.332 e. The molecular weight excluding hydrogens is 186 g/mol. The number of imidazole rings is 1. The van der Waals surface area contributed by atoms with Gasteiger partial charge in [-0.2, -0.15) is 0 Å². The number of hydrogen-bond donors (Lipinski definition) is 1. The Morgan fingerprint density at radius 3 is 3.07 bits per heavy atom. The Hall–Kier alpha value is -0.830. The van der Waals surface area contributed by atoms with Gasteiger partial charge in [-0.15, -0.1) is 0 Å². The highest BCUT2D eigenvalue weighted by atomic mass is 15.1. The first kappa shape index (κ1) is 10.7. The second-order valence-corrected chi connectivity index (χ2v) is 4.68. The van der Waals surface area contributed by atoms with Gasteiger partial charge in [-0.3, -0.25) is 0 Å². The fraction of sp³-hybridized carbons (Fsp3) is 0.750. The van der Waals surface area contributed by atoms with Gasteiger partial charge in [0.05, 0.1) is 6.33 Å². The maximum absolute atomic E-state index is 4.29. The quantitative estimate of drug-likeness (QED) is 0.824. The van der Waals surface area contributed by atoms with E-state index in [1.54, 1.807) is 0 Å². The van der Waals surface area contributed by atoms with Crippen LogP contribution in [-0.4, -0.2) is 22.1 Å². The van der Waals surface area contributed by atoms with Gasteiger partial charge >= 0.3 is 0 Å². The van der Waals surface area contributed by atoms with Gasteiger partial charge in [-0.05, 0) is 33.2 Å². The van der Waals surface area contributed by atoms with E-state index in [4.69, 9.17) is 0 Å². The highest BCUT2D eigenvalue weighted by Crippen LogP contribution is 2.30. The standard InChI is InChI=1S/C12H21N3/c1-4-11-10(5-6-14-11)12-7-13-8-15(12)9(2)3/h7-11,14H,4-6H2,1-3H3. The van der Waals surface area contributed by atoms with E-state index in [-0.39, 0.29) is 0 Å². The molecule has 3 nitrogen and oxygen atoms in total. The van der Waals surface area contributed by atoms with Crippen LogP contribution >= 0.6 is 0 Å². The average Bonchev–Trinajstić information content (AvgIpc) is 2.85. The molecule has 1 fully saturated rings. The summed E-state index contributed by atoms with van der Waals surface area (Å²) >= 11 is 0. The summed E-state index contributed by atoms with van der Waals surface area (Å²) in [7, 11) is 0.